The molecule has 2 rings (SSSR count). The fourth-order valence-corrected chi connectivity index (χ4v) is 2.28. The molecule has 0 saturated carbocycles. The first-order chi connectivity index (χ1) is 12.2. The summed E-state index contributed by atoms with van der Waals surface area (Å²) in [6.07, 6.45) is 2.70. The van der Waals surface area contributed by atoms with E-state index >= 15 is 0 Å². The molecule has 1 aliphatic rings. The van der Waals surface area contributed by atoms with Crippen molar-refractivity contribution in [3.8, 4) is 0 Å². The molecule has 7 nitrogen and oxygen atoms in total. The predicted octanol–water partition coefficient (Wildman–Crippen LogP) is 3.03. The van der Waals surface area contributed by atoms with Crippen molar-refractivity contribution < 1.29 is 9.47 Å². The molecule has 0 spiro atoms. The first-order valence-electron chi connectivity index (χ1n) is 8.83. The summed E-state index contributed by atoms with van der Waals surface area (Å²) in [5.74, 6) is 2.09. The van der Waals surface area contributed by atoms with Crippen LogP contribution in [0.4, 0.5) is 11.8 Å². The first-order valence-corrected chi connectivity index (χ1v) is 8.83. The second-order valence-corrected chi connectivity index (χ2v) is 5.21. The minimum atomic E-state index is 0.577. The monoisotopic (exact) mass is 349 g/mol. The molecule has 0 unspecified atom stereocenters. The van der Waals surface area contributed by atoms with Crippen LogP contribution in [-0.4, -0.2) is 56.3 Å². The number of ether oxygens (including phenoxy) is 2. The zero-order valence-electron chi connectivity index (χ0n) is 16.3. The number of allylic oxidation sites excluding steroid dienone is 1. The van der Waals surface area contributed by atoms with E-state index in [1.807, 2.05) is 32.9 Å². The van der Waals surface area contributed by atoms with Crippen LogP contribution in [0.25, 0.3) is 0 Å². The van der Waals surface area contributed by atoms with E-state index < -0.39 is 0 Å². The van der Waals surface area contributed by atoms with Crippen LogP contribution in [0.5, 0.6) is 0 Å². The lowest BCUT2D eigenvalue weighted by molar-refractivity contribution is 0.122. The SMILES string of the molecule is CC.CC/C(=C\C(=NC)OC)Nc1cc(C)nc(N2CCOCC2)n1. The summed E-state index contributed by atoms with van der Waals surface area (Å²) in [5, 5.41) is 3.34. The Morgan fingerprint density at radius 3 is 2.60 bits per heavy atom. The molecule has 25 heavy (non-hydrogen) atoms. The van der Waals surface area contributed by atoms with Gasteiger partial charge in [0.05, 0.1) is 20.3 Å². The van der Waals surface area contributed by atoms with Crippen molar-refractivity contribution in [2.24, 2.45) is 4.99 Å². The summed E-state index contributed by atoms with van der Waals surface area (Å²) in [6.45, 7) is 11.1. The first kappa shape index (κ1) is 20.9. The molecule has 1 aromatic rings. The van der Waals surface area contributed by atoms with Crippen LogP contribution in [0.2, 0.25) is 0 Å². The topological polar surface area (TPSA) is 71.9 Å². The van der Waals surface area contributed by atoms with Crippen LogP contribution in [0, 0.1) is 6.92 Å². The van der Waals surface area contributed by atoms with Crippen molar-refractivity contribution in [2.45, 2.75) is 34.1 Å². The Hall–Kier alpha value is -2.15. The lowest BCUT2D eigenvalue weighted by Crippen LogP contribution is -2.37. The molecule has 1 aromatic heterocycles. The number of aromatic nitrogens is 2. The predicted molar refractivity (Wildman–Crippen MR) is 104 cm³/mol. The van der Waals surface area contributed by atoms with Gasteiger partial charge < -0.3 is 19.7 Å². The third kappa shape index (κ3) is 6.70. The number of nitrogens with zero attached hydrogens (tertiary/aromatic N) is 4. The second kappa shape index (κ2) is 11.4. The van der Waals surface area contributed by atoms with E-state index in [9.17, 15) is 0 Å². The highest BCUT2D eigenvalue weighted by Crippen LogP contribution is 2.17. The van der Waals surface area contributed by atoms with E-state index in [0.29, 0.717) is 19.1 Å². The van der Waals surface area contributed by atoms with Gasteiger partial charge in [0.2, 0.25) is 11.8 Å². The van der Waals surface area contributed by atoms with E-state index in [0.717, 1.165) is 42.7 Å². The quantitative estimate of drug-likeness (QED) is 0.651. The molecule has 0 radical (unpaired) electrons. The molecule has 1 aliphatic heterocycles. The molecular weight excluding hydrogens is 318 g/mol. The van der Waals surface area contributed by atoms with Gasteiger partial charge in [-0.3, -0.25) is 4.99 Å². The van der Waals surface area contributed by atoms with Gasteiger partial charge in [-0.05, 0) is 13.3 Å². The van der Waals surface area contributed by atoms with Crippen LogP contribution in [0.3, 0.4) is 0 Å². The smallest absolute Gasteiger partial charge is 0.227 e. The Kier molecular flexibility index (Phi) is 9.54. The van der Waals surface area contributed by atoms with Crippen molar-refractivity contribution in [3.63, 3.8) is 0 Å². The molecule has 0 bridgehead atoms. The third-order valence-corrected chi connectivity index (χ3v) is 3.53. The zero-order chi connectivity index (χ0) is 18.7. The Morgan fingerprint density at radius 1 is 1.36 bits per heavy atom. The highest BCUT2D eigenvalue weighted by atomic mass is 16.5. The maximum absolute atomic E-state index is 5.38. The van der Waals surface area contributed by atoms with Crippen molar-refractivity contribution in [2.75, 3.05) is 50.7 Å². The Balaban J connectivity index is 0.00000151. The van der Waals surface area contributed by atoms with E-state index in [2.05, 4.69) is 32.1 Å². The zero-order valence-corrected chi connectivity index (χ0v) is 16.3. The van der Waals surface area contributed by atoms with Crippen LogP contribution in [0.15, 0.2) is 22.8 Å². The fraction of sp³-hybridized carbons (Fsp3) is 0.611. The number of methoxy groups -OCH3 is 1. The standard InChI is InChI=1S/C16H25N5O2.C2H6/c1-5-13(11-15(17-3)22-4)19-14-10-12(2)18-16(20-14)21-6-8-23-9-7-21;1-2/h10-11H,5-9H2,1-4H3,(H,18,19,20);1-2H3/b13-11+,17-15?;. The minimum Gasteiger partial charge on any atom is -0.481 e. The molecule has 1 fully saturated rings. The Morgan fingerprint density at radius 2 is 2.04 bits per heavy atom. The number of aliphatic imine (C=N–C) groups is 1. The average Bonchev–Trinajstić information content (AvgIpc) is 2.67. The fourth-order valence-electron chi connectivity index (χ4n) is 2.28. The van der Waals surface area contributed by atoms with Crippen molar-refractivity contribution >= 4 is 17.7 Å². The van der Waals surface area contributed by atoms with Gasteiger partial charge in [-0.2, -0.15) is 4.98 Å². The summed E-state index contributed by atoms with van der Waals surface area (Å²) < 4.78 is 10.6. The summed E-state index contributed by atoms with van der Waals surface area (Å²) in [6, 6.07) is 1.93. The number of hydrogen-bond acceptors (Lipinski definition) is 7. The van der Waals surface area contributed by atoms with Gasteiger partial charge in [0.25, 0.3) is 0 Å². The van der Waals surface area contributed by atoms with E-state index in [1.165, 1.54) is 0 Å². The van der Waals surface area contributed by atoms with E-state index in [-0.39, 0.29) is 0 Å². The van der Waals surface area contributed by atoms with Crippen molar-refractivity contribution in [3.05, 3.63) is 23.5 Å². The lowest BCUT2D eigenvalue weighted by atomic mass is 10.3. The molecule has 0 aromatic carbocycles. The number of morpholine rings is 1. The molecule has 7 heteroatoms. The maximum atomic E-state index is 5.38. The average molecular weight is 349 g/mol. The molecule has 1 N–H and O–H groups in total. The molecular formula is C18H31N5O2. The van der Waals surface area contributed by atoms with Gasteiger partial charge >= 0.3 is 0 Å². The number of hydrogen-bond donors (Lipinski definition) is 1. The van der Waals surface area contributed by atoms with Crippen LogP contribution < -0.4 is 10.2 Å². The largest absolute Gasteiger partial charge is 0.481 e. The number of anilines is 2. The van der Waals surface area contributed by atoms with Crippen molar-refractivity contribution in [1.82, 2.24) is 9.97 Å². The summed E-state index contributed by atoms with van der Waals surface area (Å²) in [4.78, 5) is 15.4. The highest BCUT2D eigenvalue weighted by Gasteiger charge is 2.15. The molecule has 140 valence electrons. The number of nitrogens with one attached hydrogen (secondary N) is 1. The lowest BCUT2D eigenvalue weighted by Gasteiger charge is -2.27. The second-order valence-electron chi connectivity index (χ2n) is 5.21. The number of rotatable bonds is 5. The highest BCUT2D eigenvalue weighted by molar-refractivity contribution is 5.88. The summed E-state index contributed by atoms with van der Waals surface area (Å²) in [5.41, 5.74) is 1.91. The van der Waals surface area contributed by atoms with Gasteiger partial charge in [-0.25, -0.2) is 4.98 Å². The van der Waals surface area contributed by atoms with Crippen LogP contribution in [0.1, 0.15) is 32.9 Å². The maximum Gasteiger partial charge on any atom is 0.227 e. The van der Waals surface area contributed by atoms with Gasteiger partial charge in [0, 0.05) is 43.7 Å². The van der Waals surface area contributed by atoms with Gasteiger partial charge in [0.15, 0.2) is 0 Å². The molecule has 2 heterocycles. The Labute approximate surface area is 151 Å². The van der Waals surface area contributed by atoms with E-state index in [1.54, 1.807) is 14.2 Å². The minimum absolute atomic E-state index is 0.577. The molecule has 0 atom stereocenters. The van der Waals surface area contributed by atoms with Gasteiger partial charge in [-0.1, -0.05) is 20.8 Å². The van der Waals surface area contributed by atoms with Gasteiger partial charge in [-0.15, -0.1) is 0 Å². The van der Waals surface area contributed by atoms with Crippen LogP contribution >= 0.6 is 0 Å². The van der Waals surface area contributed by atoms with Crippen molar-refractivity contribution in [1.29, 1.82) is 0 Å². The molecule has 1 saturated heterocycles. The number of aryl methyl sites for hydroxylation is 1. The Bertz CT molecular complexity index is 581. The van der Waals surface area contributed by atoms with E-state index in [4.69, 9.17) is 9.47 Å². The third-order valence-electron chi connectivity index (χ3n) is 3.53. The summed E-state index contributed by atoms with van der Waals surface area (Å²) >= 11 is 0. The summed E-state index contributed by atoms with van der Waals surface area (Å²) in [7, 11) is 3.31. The molecule has 0 amide bonds. The van der Waals surface area contributed by atoms with Gasteiger partial charge in [0.1, 0.15) is 5.82 Å². The normalized spacial score (nSPS) is 15.4. The molecule has 0 aliphatic carbocycles. The van der Waals surface area contributed by atoms with Crippen LogP contribution in [-0.2, 0) is 9.47 Å².